The molecule has 0 aliphatic carbocycles. The summed E-state index contributed by atoms with van der Waals surface area (Å²) in [4.78, 5) is 13.1. The molecule has 0 saturated carbocycles. The topological polar surface area (TPSA) is 61.1 Å². The van der Waals surface area contributed by atoms with Crippen LogP contribution >= 0.6 is 12.4 Å². The van der Waals surface area contributed by atoms with Crippen LogP contribution in [0.1, 0.15) is 24.6 Å². The number of hydrogen-bond acceptors (Lipinski definition) is 4. The van der Waals surface area contributed by atoms with E-state index in [0.29, 0.717) is 13.2 Å². The van der Waals surface area contributed by atoms with Gasteiger partial charge in [0.25, 0.3) is 0 Å². The second-order valence-electron chi connectivity index (χ2n) is 6.72. The Morgan fingerprint density at radius 1 is 1.00 bits per heavy atom. The average Bonchev–Trinajstić information content (AvgIpc) is 3.06. The van der Waals surface area contributed by atoms with Gasteiger partial charge in [-0.2, -0.15) is 5.10 Å². The van der Waals surface area contributed by atoms with E-state index in [9.17, 15) is 4.79 Å². The van der Waals surface area contributed by atoms with Crippen LogP contribution in [0.5, 0.6) is 5.75 Å². The number of ether oxygens (including phenoxy) is 1. The van der Waals surface area contributed by atoms with Gasteiger partial charge in [-0.05, 0) is 50.2 Å². The van der Waals surface area contributed by atoms with Gasteiger partial charge < -0.3 is 10.1 Å². The molecular weight excluding hydrogens is 376 g/mol. The average molecular weight is 401 g/mol. The van der Waals surface area contributed by atoms with Gasteiger partial charge in [0, 0.05) is 5.92 Å². The lowest BCUT2D eigenvalue weighted by Gasteiger charge is -2.22. The van der Waals surface area contributed by atoms with Crippen molar-refractivity contribution >= 4 is 12.4 Å². The molecule has 1 saturated heterocycles. The predicted molar refractivity (Wildman–Crippen MR) is 112 cm³/mol. The summed E-state index contributed by atoms with van der Waals surface area (Å²) < 4.78 is 9.04. The fourth-order valence-corrected chi connectivity index (χ4v) is 3.50. The zero-order chi connectivity index (χ0) is 18.5. The Kier molecular flexibility index (Phi) is 6.90. The Morgan fingerprint density at radius 2 is 1.64 bits per heavy atom. The van der Waals surface area contributed by atoms with Gasteiger partial charge in [-0.3, -0.25) is 0 Å². The van der Waals surface area contributed by atoms with Crippen molar-refractivity contribution in [2.24, 2.45) is 0 Å². The molecule has 0 amide bonds. The minimum atomic E-state index is -0.105. The van der Waals surface area contributed by atoms with Crippen LogP contribution in [0.15, 0.2) is 65.5 Å². The molecule has 1 aliphatic heterocycles. The standard InChI is InChI=1S/C21H24N4O2.ClH/c26-21-24(15-16-27-19-9-5-2-6-10-19)23-20(17-11-13-22-14-12-17)25(21)18-7-3-1-4-8-18;/h1-10,17,22H,11-16H2;1H. The normalized spacial score (nSPS) is 14.4. The smallest absolute Gasteiger partial charge is 0.350 e. The molecule has 1 aliphatic rings. The van der Waals surface area contributed by atoms with Gasteiger partial charge in [0.2, 0.25) is 0 Å². The lowest BCUT2D eigenvalue weighted by atomic mass is 9.97. The molecule has 0 bridgehead atoms. The summed E-state index contributed by atoms with van der Waals surface area (Å²) >= 11 is 0. The molecule has 28 heavy (non-hydrogen) atoms. The molecule has 1 N–H and O–H groups in total. The molecule has 3 aromatic rings. The van der Waals surface area contributed by atoms with Crippen molar-refractivity contribution in [3.8, 4) is 11.4 Å². The number of halogens is 1. The number of nitrogens with one attached hydrogen (secondary N) is 1. The number of benzene rings is 2. The van der Waals surface area contributed by atoms with Gasteiger partial charge in [0.1, 0.15) is 18.2 Å². The molecule has 148 valence electrons. The molecule has 0 unspecified atom stereocenters. The van der Waals surface area contributed by atoms with Gasteiger partial charge in [-0.25, -0.2) is 14.0 Å². The van der Waals surface area contributed by atoms with E-state index in [4.69, 9.17) is 9.84 Å². The van der Waals surface area contributed by atoms with Crippen molar-refractivity contribution in [2.45, 2.75) is 25.3 Å². The van der Waals surface area contributed by atoms with Crippen molar-refractivity contribution in [1.29, 1.82) is 0 Å². The summed E-state index contributed by atoms with van der Waals surface area (Å²) in [5, 5.41) is 8.08. The first-order valence-electron chi connectivity index (χ1n) is 9.46. The first-order valence-corrected chi connectivity index (χ1v) is 9.46. The third-order valence-corrected chi connectivity index (χ3v) is 4.90. The molecule has 0 radical (unpaired) electrons. The van der Waals surface area contributed by atoms with Gasteiger partial charge in [0.15, 0.2) is 0 Å². The van der Waals surface area contributed by atoms with Crippen LogP contribution in [0.25, 0.3) is 5.69 Å². The van der Waals surface area contributed by atoms with Crippen molar-refractivity contribution in [3.05, 3.63) is 77.0 Å². The van der Waals surface area contributed by atoms with Crippen LogP contribution < -0.4 is 15.7 Å². The van der Waals surface area contributed by atoms with E-state index in [-0.39, 0.29) is 24.0 Å². The van der Waals surface area contributed by atoms with Crippen molar-refractivity contribution < 1.29 is 4.74 Å². The Bertz CT molecular complexity index is 919. The fraction of sp³-hybridized carbons (Fsp3) is 0.333. The minimum Gasteiger partial charge on any atom is -0.492 e. The van der Waals surface area contributed by atoms with Gasteiger partial charge in [0.05, 0.1) is 12.2 Å². The Balaban J connectivity index is 0.00000225. The van der Waals surface area contributed by atoms with Gasteiger partial charge in [-0.1, -0.05) is 36.4 Å². The molecule has 6 nitrogen and oxygen atoms in total. The number of piperidine rings is 1. The summed E-state index contributed by atoms with van der Waals surface area (Å²) in [7, 11) is 0. The maximum atomic E-state index is 13.1. The highest BCUT2D eigenvalue weighted by atomic mass is 35.5. The largest absolute Gasteiger partial charge is 0.492 e. The molecule has 4 rings (SSSR count). The Hall–Kier alpha value is -2.57. The summed E-state index contributed by atoms with van der Waals surface area (Å²) in [6.07, 6.45) is 1.98. The van der Waals surface area contributed by atoms with E-state index >= 15 is 0 Å². The van der Waals surface area contributed by atoms with E-state index in [1.54, 1.807) is 4.57 Å². The van der Waals surface area contributed by atoms with E-state index < -0.39 is 0 Å². The molecule has 2 heterocycles. The van der Waals surface area contributed by atoms with Gasteiger partial charge in [-0.15, -0.1) is 12.4 Å². The zero-order valence-corrected chi connectivity index (χ0v) is 16.5. The van der Waals surface area contributed by atoms with Crippen LogP contribution in [0.3, 0.4) is 0 Å². The third kappa shape index (κ3) is 4.46. The maximum absolute atomic E-state index is 13.1. The first kappa shape index (κ1) is 20.2. The van der Waals surface area contributed by atoms with Gasteiger partial charge >= 0.3 is 5.69 Å². The van der Waals surface area contributed by atoms with Crippen molar-refractivity contribution in [2.75, 3.05) is 19.7 Å². The molecule has 1 aromatic heterocycles. The minimum absolute atomic E-state index is 0. The fourth-order valence-electron chi connectivity index (χ4n) is 3.50. The van der Waals surface area contributed by atoms with Crippen LogP contribution in [0.4, 0.5) is 0 Å². The van der Waals surface area contributed by atoms with Crippen molar-refractivity contribution in [3.63, 3.8) is 0 Å². The number of para-hydroxylation sites is 2. The highest BCUT2D eigenvalue weighted by Gasteiger charge is 2.24. The molecular formula is C21H25ClN4O2. The third-order valence-electron chi connectivity index (χ3n) is 4.90. The van der Waals surface area contributed by atoms with Crippen LogP contribution in [0.2, 0.25) is 0 Å². The summed E-state index contributed by atoms with van der Waals surface area (Å²) in [5.41, 5.74) is 0.762. The second-order valence-corrected chi connectivity index (χ2v) is 6.72. The van der Waals surface area contributed by atoms with E-state index in [0.717, 1.165) is 43.2 Å². The molecule has 7 heteroatoms. The zero-order valence-electron chi connectivity index (χ0n) is 15.7. The van der Waals surface area contributed by atoms with E-state index in [1.165, 1.54) is 4.68 Å². The van der Waals surface area contributed by atoms with Crippen LogP contribution in [-0.4, -0.2) is 34.0 Å². The number of hydrogen-bond donors (Lipinski definition) is 1. The molecule has 0 spiro atoms. The predicted octanol–water partition coefficient (Wildman–Crippen LogP) is 3.00. The van der Waals surface area contributed by atoms with Crippen LogP contribution in [0, 0.1) is 0 Å². The lowest BCUT2D eigenvalue weighted by Crippen LogP contribution is -2.29. The maximum Gasteiger partial charge on any atom is 0.350 e. The summed E-state index contributed by atoms with van der Waals surface area (Å²) in [6.45, 7) is 2.74. The number of nitrogens with zero attached hydrogens (tertiary/aromatic N) is 3. The Labute approximate surface area is 170 Å². The monoisotopic (exact) mass is 400 g/mol. The second kappa shape index (κ2) is 9.57. The number of aromatic nitrogens is 3. The molecule has 2 aromatic carbocycles. The number of rotatable bonds is 6. The summed E-state index contributed by atoms with van der Waals surface area (Å²) in [5.74, 6) is 1.94. The first-order chi connectivity index (χ1) is 13.3. The quantitative estimate of drug-likeness (QED) is 0.691. The lowest BCUT2D eigenvalue weighted by molar-refractivity contribution is 0.288. The molecule has 1 fully saturated rings. The molecule has 0 atom stereocenters. The highest BCUT2D eigenvalue weighted by molar-refractivity contribution is 5.85. The Morgan fingerprint density at radius 3 is 2.32 bits per heavy atom. The van der Waals surface area contributed by atoms with E-state index in [2.05, 4.69) is 5.32 Å². The summed E-state index contributed by atoms with van der Waals surface area (Å²) in [6, 6.07) is 19.4. The van der Waals surface area contributed by atoms with E-state index in [1.807, 2.05) is 60.7 Å². The van der Waals surface area contributed by atoms with Crippen molar-refractivity contribution in [1.82, 2.24) is 19.7 Å². The SMILES string of the molecule is Cl.O=c1n(CCOc2ccccc2)nc(C2CCNCC2)n1-c1ccccc1. The van der Waals surface area contributed by atoms with Crippen LogP contribution in [-0.2, 0) is 6.54 Å². The highest BCUT2D eigenvalue weighted by Crippen LogP contribution is 2.24.